The third kappa shape index (κ3) is 1.96. The van der Waals surface area contributed by atoms with Gasteiger partial charge in [0.2, 0.25) is 0 Å². The zero-order valence-corrected chi connectivity index (χ0v) is 7.63. The van der Waals surface area contributed by atoms with E-state index in [1.54, 1.807) is 0 Å². The fourth-order valence-corrected chi connectivity index (χ4v) is 1.15. The van der Waals surface area contributed by atoms with Gasteiger partial charge in [-0.3, -0.25) is 10.1 Å². The predicted molar refractivity (Wildman–Crippen MR) is 50.2 cm³/mol. The van der Waals surface area contributed by atoms with Crippen LogP contribution in [0.2, 0.25) is 0 Å². The summed E-state index contributed by atoms with van der Waals surface area (Å²) in [5.41, 5.74) is -0.993. The van der Waals surface area contributed by atoms with Crippen molar-refractivity contribution in [1.29, 1.82) is 0 Å². The van der Waals surface area contributed by atoms with Gasteiger partial charge in [0.25, 0.3) is 5.69 Å². The first-order valence-electron chi connectivity index (χ1n) is 3.83. The Bertz CT molecular complexity index is 419. The van der Waals surface area contributed by atoms with E-state index in [0.29, 0.717) is 0 Å². The van der Waals surface area contributed by atoms with Crippen molar-refractivity contribution >= 4 is 17.3 Å². The number of rotatable bonds is 3. The van der Waals surface area contributed by atoms with Gasteiger partial charge >= 0.3 is 5.97 Å². The van der Waals surface area contributed by atoms with Gasteiger partial charge in [0.1, 0.15) is 5.69 Å². The Labute approximate surface area is 83.5 Å². The molecule has 1 rings (SSSR count). The molecule has 0 saturated carbocycles. The van der Waals surface area contributed by atoms with Crippen molar-refractivity contribution in [2.45, 2.75) is 6.92 Å². The Morgan fingerprint density at radius 2 is 2.13 bits per heavy atom. The molecule has 0 spiro atoms. The summed E-state index contributed by atoms with van der Waals surface area (Å²) in [5.74, 6) is -1.33. The molecule has 1 N–H and O–H groups in total. The normalized spacial score (nSPS) is 9.67. The minimum Gasteiger partial charge on any atom is -0.478 e. The molecule has 1 aromatic carbocycles. The second-order valence-corrected chi connectivity index (χ2v) is 2.79. The smallest absolute Gasteiger partial charge is 0.336 e. The van der Waals surface area contributed by atoms with Gasteiger partial charge in [-0.2, -0.15) is 0 Å². The number of carbonyl (C=O) groups is 1. The number of nitrogens with zero attached hydrogens (tertiary/aromatic N) is 2. The van der Waals surface area contributed by atoms with Gasteiger partial charge in [0.15, 0.2) is 0 Å². The van der Waals surface area contributed by atoms with Crippen molar-refractivity contribution in [3.05, 3.63) is 38.3 Å². The number of carboxylic acid groups (broad SMARTS) is 1. The highest BCUT2D eigenvalue weighted by Gasteiger charge is 2.20. The van der Waals surface area contributed by atoms with Crippen LogP contribution in [0.25, 0.3) is 0 Å². The van der Waals surface area contributed by atoms with Crippen molar-refractivity contribution < 1.29 is 14.8 Å². The zero-order chi connectivity index (χ0) is 11.6. The number of nitro benzene ring substituents is 1. The number of hydrogen-bond donors (Lipinski definition) is 1. The lowest BCUT2D eigenvalue weighted by molar-refractivity contribution is -0.385. The van der Waals surface area contributed by atoms with E-state index in [0.717, 1.165) is 12.1 Å². The highest BCUT2D eigenvalue weighted by molar-refractivity contribution is 5.91. The van der Waals surface area contributed by atoms with Gasteiger partial charge in [-0.1, -0.05) is 0 Å². The molecule has 78 valence electrons. The number of nitro groups is 1. The van der Waals surface area contributed by atoms with Crippen molar-refractivity contribution in [2.24, 2.45) is 5.18 Å². The summed E-state index contributed by atoms with van der Waals surface area (Å²) in [6.45, 7) is 1.30. The van der Waals surface area contributed by atoms with E-state index < -0.39 is 16.6 Å². The van der Waals surface area contributed by atoms with Gasteiger partial charge in [0, 0.05) is 11.6 Å². The molecule has 15 heavy (non-hydrogen) atoms. The standard InChI is InChI=1S/C8H6N2O5/c1-4-6(8(11)12)2-5(9-13)3-7(4)10(14)15/h2-3H,1H3,(H,11,12). The van der Waals surface area contributed by atoms with Crippen molar-refractivity contribution in [3.63, 3.8) is 0 Å². The van der Waals surface area contributed by atoms with Gasteiger partial charge in [-0.05, 0) is 18.2 Å². The van der Waals surface area contributed by atoms with E-state index in [1.165, 1.54) is 6.92 Å². The molecule has 0 saturated heterocycles. The third-order valence-corrected chi connectivity index (χ3v) is 1.90. The first-order chi connectivity index (χ1) is 6.97. The summed E-state index contributed by atoms with van der Waals surface area (Å²) < 4.78 is 0. The van der Waals surface area contributed by atoms with Gasteiger partial charge in [-0.15, -0.1) is 4.91 Å². The lowest BCUT2D eigenvalue weighted by atomic mass is 10.1. The quantitative estimate of drug-likeness (QED) is 0.466. The first kappa shape index (κ1) is 10.8. The largest absolute Gasteiger partial charge is 0.478 e. The molecule has 0 aliphatic heterocycles. The van der Waals surface area contributed by atoms with Gasteiger partial charge in [-0.25, -0.2) is 4.79 Å². The lowest BCUT2D eigenvalue weighted by Gasteiger charge is -2.02. The Balaban J connectivity index is 3.53. The van der Waals surface area contributed by atoms with Crippen molar-refractivity contribution in [1.82, 2.24) is 0 Å². The number of nitroso groups, excluding NO2 is 1. The van der Waals surface area contributed by atoms with E-state index in [-0.39, 0.29) is 16.8 Å². The fourth-order valence-electron chi connectivity index (χ4n) is 1.15. The molecule has 0 atom stereocenters. The number of aromatic carboxylic acids is 1. The summed E-state index contributed by atoms with van der Waals surface area (Å²) in [4.78, 5) is 30.7. The number of carboxylic acids is 1. The average molecular weight is 210 g/mol. The van der Waals surface area contributed by atoms with Crippen LogP contribution in [0.1, 0.15) is 15.9 Å². The molecule has 1 aromatic rings. The molecule has 0 fully saturated rings. The molecular weight excluding hydrogens is 204 g/mol. The van der Waals surface area contributed by atoms with Crippen LogP contribution in [0, 0.1) is 21.9 Å². The Hall–Kier alpha value is -2.31. The molecule has 0 radical (unpaired) electrons. The third-order valence-electron chi connectivity index (χ3n) is 1.90. The van der Waals surface area contributed by atoms with Crippen molar-refractivity contribution in [2.75, 3.05) is 0 Å². The minimum atomic E-state index is -1.33. The number of hydrogen-bond acceptors (Lipinski definition) is 5. The van der Waals surface area contributed by atoms with Gasteiger partial charge < -0.3 is 5.11 Å². The molecule has 0 aliphatic carbocycles. The lowest BCUT2D eigenvalue weighted by Crippen LogP contribution is -2.02. The summed E-state index contributed by atoms with van der Waals surface area (Å²) >= 11 is 0. The molecule has 0 unspecified atom stereocenters. The summed E-state index contributed by atoms with van der Waals surface area (Å²) in [5, 5.41) is 21.7. The zero-order valence-electron chi connectivity index (χ0n) is 7.63. The second-order valence-electron chi connectivity index (χ2n) is 2.79. The minimum absolute atomic E-state index is 0.0000926. The monoisotopic (exact) mass is 210 g/mol. The molecule has 0 aliphatic rings. The fraction of sp³-hybridized carbons (Fsp3) is 0.125. The van der Waals surface area contributed by atoms with E-state index >= 15 is 0 Å². The Kier molecular flexibility index (Phi) is 2.75. The van der Waals surface area contributed by atoms with Crippen LogP contribution in [-0.2, 0) is 0 Å². The SMILES string of the molecule is Cc1c(C(=O)O)cc(N=O)cc1[N+](=O)[O-]. The molecular formula is C8H6N2O5. The van der Waals surface area contributed by atoms with Crippen LogP contribution in [0.3, 0.4) is 0 Å². The van der Waals surface area contributed by atoms with E-state index in [9.17, 15) is 19.8 Å². The summed E-state index contributed by atoms with van der Waals surface area (Å²) in [6.07, 6.45) is 0. The van der Waals surface area contributed by atoms with Crippen LogP contribution in [0.4, 0.5) is 11.4 Å². The molecule has 0 heterocycles. The van der Waals surface area contributed by atoms with Crippen LogP contribution < -0.4 is 0 Å². The predicted octanol–water partition coefficient (Wildman–Crippen LogP) is 2.00. The van der Waals surface area contributed by atoms with Crippen LogP contribution in [-0.4, -0.2) is 16.0 Å². The highest BCUT2D eigenvalue weighted by atomic mass is 16.6. The maximum Gasteiger partial charge on any atom is 0.336 e. The van der Waals surface area contributed by atoms with E-state index in [4.69, 9.17) is 5.11 Å². The number of benzene rings is 1. The second kappa shape index (κ2) is 3.82. The summed E-state index contributed by atoms with van der Waals surface area (Å²) in [6, 6.07) is 1.94. The van der Waals surface area contributed by atoms with Crippen LogP contribution in [0.15, 0.2) is 17.3 Å². The maximum atomic E-state index is 10.7. The molecule has 0 aromatic heterocycles. The topological polar surface area (TPSA) is 110 Å². The van der Waals surface area contributed by atoms with E-state index in [2.05, 4.69) is 5.18 Å². The van der Waals surface area contributed by atoms with E-state index in [1.807, 2.05) is 0 Å². The first-order valence-corrected chi connectivity index (χ1v) is 3.83. The van der Waals surface area contributed by atoms with Crippen LogP contribution in [0.5, 0.6) is 0 Å². The van der Waals surface area contributed by atoms with Crippen molar-refractivity contribution in [3.8, 4) is 0 Å². The van der Waals surface area contributed by atoms with Crippen LogP contribution >= 0.6 is 0 Å². The molecule has 0 bridgehead atoms. The van der Waals surface area contributed by atoms with Gasteiger partial charge in [0.05, 0.1) is 10.5 Å². The molecule has 0 amide bonds. The average Bonchev–Trinajstić information content (AvgIpc) is 2.17. The summed E-state index contributed by atoms with van der Waals surface area (Å²) in [7, 11) is 0. The Morgan fingerprint density at radius 3 is 2.53 bits per heavy atom. The highest BCUT2D eigenvalue weighted by Crippen LogP contribution is 2.28. The molecule has 7 nitrogen and oxygen atoms in total. The Morgan fingerprint density at radius 1 is 1.53 bits per heavy atom. The maximum absolute atomic E-state index is 10.7. The molecule has 7 heteroatoms.